The summed E-state index contributed by atoms with van der Waals surface area (Å²) in [7, 11) is 1.19. The maximum atomic E-state index is 14.5. The second-order valence-corrected chi connectivity index (χ2v) is 5.40. The smallest absolute Gasteiger partial charge is 0.358 e. The molecule has 0 saturated heterocycles. The predicted molar refractivity (Wildman–Crippen MR) is 88.1 cm³/mol. The fourth-order valence-electron chi connectivity index (χ4n) is 1.86. The van der Waals surface area contributed by atoms with E-state index >= 15 is 0 Å². The molecule has 0 spiro atoms. The van der Waals surface area contributed by atoms with Crippen molar-refractivity contribution in [2.45, 2.75) is 5.75 Å². The van der Waals surface area contributed by atoms with Crippen LogP contribution in [0.5, 0.6) is 0 Å². The number of rotatable bonds is 3. The Hall–Kier alpha value is -1.50. The first-order valence-electron chi connectivity index (χ1n) is 6.03. The summed E-state index contributed by atoms with van der Waals surface area (Å²) in [5, 5.41) is 0.214. The predicted octanol–water partition coefficient (Wildman–Crippen LogP) is 3.99. The maximum Gasteiger partial charge on any atom is 0.358 e. The third-order valence-corrected chi connectivity index (χ3v) is 4.05. The highest BCUT2D eigenvalue weighted by atomic mass is 35.5. The van der Waals surface area contributed by atoms with Crippen LogP contribution in [0, 0.1) is 5.82 Å². The van der Waals surface area contributed by atoms with E-state index in [9.17, 15) is 9.18 Å². The molecule has 4 nitrogen and oxygen atoms in total. The van der Waals surface area contributed by atoms with Gasteiger partial charge in [0.25, 0.3) is 0 Å². The van der Waals surface area contributed by atoms with E-state index in [2.05, 4.69) is 22.3 Å². The highest BCUT2D eigenvalue weighted by Crippen LogP contribution is 2.33. The lowest BCUT2D eigenvalue weighted by Gasteiger charge is -2.11. The molecular weight excluding hydrogens is 350 g/mol. The first kappa shape index (κ1) is 16.9. The molecule has 1 heterocycles. The summed E-state index contributed by atoms with van der Waals surface area (Å²) < 4.78 is 19.1. The standard InChI is InChI=1S/C14H11Cl2FN2O2S/c1-21-14(20)13-11(16)9(18)4-10(19-13)6-2-3-8(15)7(5-22)12(6)17/h2-4,22H,5H2,1H3,(H2,18,19). The van der Waals surface area contributed by atoms with E-state index in [1.165, 1.54) is 25.3 Å². The lowest BCUT2D eigenvalue weighted by atomic mass is 10.1. The van der Waals surface area contributed by atoms with Gasteiger partial charge in [-0.05, 0) is 18.2 Å². The largest absolute Gasteiger partial charge is 0.464 e. The number of nitrogens with two attached hydrogens (primary N) is 1. The van der Waals surface area contributed by atoms with E-state index in [1.807, 2.05) is 0 Å². The Bertz CT molecular complexity index is 756. The van der Waals surface area contributed by atoms with E-state index < -0.39 is 11.8 Å². The van der Waals surface area contributed by atoms with Crippen LogP contribution in [0.25, 0.3) is 11.3 Å². The van der Waals surface area contributed by atoms with Crippen molar-refractivity contribution in [3.05, 3.63) is 45.3 Å². The lowest BCUT2D eigenvalue weighted by Crippen LogP contribution is -2.08. The average Bonchev–Trinajstić information content (AvgIpc) is 2.50. The number of anilines is 1. The summed E-state index contributed by atoms with van der Waals surface area (Å²) in [6.45, 7) is 0. The molecule has 0 bridgehead atoms. The molecule has 2 aromatic rings. The van der Waals surface area contributed by atoms with Crippen molar-refractivity contribution in [1.29, 1.82) is 0 Å². The van der Waals surface area contributed by atoms with Crippen molar-refractivity contribution >= 4 is 47.5 Å². The fourth-order valence-corrected chi connectivity index (χ4v) is 2.65. The Morgan fingerprint density at radius 1 is 1.45 bits per heavy atom. The van der Waals surface area contributed by atoms with Crippen LogP contribution >= 0.6 is 35.8 Å². The molecule has 0 amide bonds. The molecule has 8 heteroatoms. The van der Waals surface area contributed by atoms with Gasteiger partial charge in [0.05, 0.1) is 23.5 Å². The monoisotopic (exact) mass is 360 g/mol. The molecule has 116 valence electrons. The summed E-state index contributed by atoms with van der Waals surface area (Å²) in [5.74, 6) is -1.22. The van der Waals surface area contributed by atoms with E-state index in [4.69, 9.17) is 28.9 Å². The summed E-state index contributed by atoms with van der Waals surface area (Å²) >= 11 is 15.9. The fraction of sp³-hybridized carbons (Fsp3) is 0.143. The number of thiol groups is 1. The van der Waals surface area contributed by atoms with Gasteiger partial charge in [0.15, 0.2) is 5.69 Å². The number of nitrogen functional groups attached to an aromatic ring is 1. The van der Waals surface area contributed by atoms with E-state index in [0.717, 1.165) is 0 Å². The first-order chi connectivity index (χ1) is 10.4. The van der Waals surface area contributed by atoms with Crippen LogP contribution in [0.15, 0.2) is 18.2 Å². The first-order valence-corrected chi connectivity index (χ1v) is 7.42. The quantitative estimate of drug-likeness (QED) is 0.641. The molecule has 1 aromatic carbocycles. The van der Waals surface area contributed by atoms with Gasteiger partial charge < -0.3 is 10.5 Å². The Kier molecular flexibility index (Phi) is 5.16. The van der Waals surface area contributed by atoms with E-state index in [-0.39, 0.29) is 44.0 Å². The van der Waals surface area contributed by atoms with E-state index in [0.29, 0.717) is 0 Å². The average molecular weight is 361 g/mol. The molecule has 0 aliphatic carbocycles. The number of methoxy groups -OCH3 is 1. The minimum atomic E-state index is -0.762. The van der Waals surface area contributed by atoms with Crippen LogP contribution in [0.3, 0.4) is 0 Å². The number of pyridine rings is 1. The molecular formula is C14H11Cl2FN2O2S. The Morgan fingerprint density at radius 2 is 2.14 bits per heavy atom. The SMILES string of the molecule is COC(=O)c1nc(-c2ccc(Cl)c(CS)c2F)cc(N)c1Cl. The van der Waals surface area contributed by atoms with Gasteiger partial charge in [0.2, 0.25) is 0 Å². The topological polar surface area (TPSA) is 65.2 Å². The van der Waals surface area contributed by atoms with Gasteiger partial charge in [-0.25, -0.2) is 14.2 Å². The third-order valence-electron chi connectivity index (χ3n) is 2.98. The number of hydrogen-bond acceptors (Lipinski definition) is 5. The zero-order valence-electron chi connectivity index (χ0n) is 11.4. The second-order valence-electron chi connectivity index (χ2n) is 4.30. The number of halogens is 3. The molecule has 22 heavy (non-hydrogen) atoms. The highest BCUT2D eigenvalue weighted by molar-refractivity contribution is 7.79. The summed E-state index contributed by atoms with van der Waals surface area (Å²) in [5.41, 5.74) is 6.20. The van der Waals surface area contributed by atoms with Crippen molar-refractivity contribution in [3.8, 4) is 11.3 Å². The van der Waals surface area contributed by atoms with Crippen LogP contribution in [0.4, 0.5) is 10.1 Å². The number of benzene rings is 1. The van der Waals surface area contributed by atoms with Crippen molar-refractivity contribution in [2.24, 2.45) is 0 Å². The molecule has 0 aliphatic rings. The van der Waals surface area contributed by atoms with E-state index in [1.54, 1.807) is 0 Å². The van der Waals surface area contributed by atoms with Crippen molar-refractivity contribution in [2.75, 3.05) is 12.8 Å². The van der Waals surface area contributed by atoms with Gasteiger partial charge in [-0.1, -0.05) is 23.2 Å². The van der Waals surface area contributed by atoms with Crippen molar-refractivity contribution < 1.29 is 13.9 Å². The van der Waals surface area contributed by atoms with Crippen molar-refractivity contribution in [3.63, 3.8) is 0 Å². The molecule has 0 radical (unpaired) electrons. The number of carbonyl (C=O) groups excluding carboxylic acids is 1. The Balaban J connectivity index is 2.69. The number of nitrogens with zero attached hydrogens (tertiary/aromatic N) is 1. The molecule has 2 rings (SSSR count). The van der Waals surface area contributed by atoms with Gasteiger partial charge in [0, 0.05) is 21.9 Å². The molecule has 1 aromatic heterocycles. The van der Waals surface area contributed by atoms with Crippen LogP contribution in [0.1, 0.15) is 16.1 Å². The van der Waals surface area contributed by atoms with Crippen molar-refractivity contribution in [1.82, 2.24) is 4.98 Å². The lowest BCUT2D eigenvalue weighted by molar-refractivity contribution is 0.0594. The number of hydrogen-bond donors (Lipinski definition) is 2. The normalized spacial score (nSPS) is 10.6. The Labute approximate surface area is 141 Å². The highest BCUT2D eigenvalue weighted by Gasteiger charge is 2.20. The molecule has 0 saturated carbocycles. The number of carbonyl (C=O) groups is 1. The number of aromatic nitrogens is 1. The zero-order valence-corrected chi connectivity index (χ0v) is 13.8. The van der Waals surface area contributed by atoms with Gasteiger partial charge in [-0.3, -0.25) is 0 Å². The van der Waals surface area contributed by atoms with Crippen LogP contribution < -0.4 is 5.73 Å². The number of ether oxygens (including phenoxy) is 1. The minimum Gasteiger partial charge on any atom is -0.464 e. The zero-order chi connectivity index (χ0) is 16.4. The summed E-state index contributed by atoms with van der Waals surface area (Å²) in [6.07, 6.45) is 0. The number of esters is 1. The van der Waals surface area contributed by atoms with Crippen LogP contribution in [-0.4, -0.2) is 18.1 Å². The van der Waals surface area contributed by atoms with Gasteiger partial charge in [0.1, 0.15) is 5.82 Å². The van der Waals surface area contributed by atoms with Gasteiger partial charge in [-0.2, -0.15) is 12.6 Å². The van der Waals surface area contributed by atoms with Gasteiger partial charge in [-0.15, -0.1) is 0 Å². The molecule has 0 aliphatic heterocycles. The minimum absolute atomic E-state index is 0.0422. The van der Waals surface area contributed by atoms with Crippen LogP contribution in [-0.2, 0) is 10.5 Å². The molecule has 0 atom stereocenters. The Morgan fingerprint density at radius 3 is 2.73 bits per heavy atom. The second kappa shape index (κ2) is 6.73. The van der Waals surface area contributed by atoms with Crippen LogP contribution in [0.2, 0.25) is 10.0 Å². The molecule has 2 N–H and O–H groups in total. The third kappa shape index (κ3) is 2.99. The summed E-state index contributed by atoms with van der Waals surface area (Å²) in [6, 6.07) is 4.35. The molecule has 0 fully saturated rings. The summed E-state index contributed by atoms with van der Waals surface area (Å²) in [4.78, 5) is 15.7. The van der Waals surface area contributed by atoms with Gasteiger partial charge >= 0.3 is 5.97 Å². The maximum absolute atomic E-state index is 14.5. The molecule has 0 unspecified atom stereocenters.